The van der Waals surface area contributed by atoms with Gasteiger partial charge >= 0.3 is 18.0 Å². The second kappa shape index (κ2) is 14.1. The summed E-state index contributed by atoms with van der Waals surface area (Å²) < 4.78 is 27.9. The van der Waals surface area contributed by atoms with Crippen molar-refractivity contribution >= 4 is 39.7 Å². The predicted molar refractivity (Wildman–Crippen MR) is 149 cm³/mol. The van der Waals surface area contributed by atoms with Crippen LogP contribution in [-0.4, -0.2) is 80.0 Å². The van der Waals surface area contributed by atoms with Gasteiger partial charge in [0.1, 0.15) is 18.7 Å². The number of hydrogen-bond acceptors (Lipinski definition) is 8. The normalized spacial score (nSPS) is 13.3. The molecular formula is C28H29N3O10S. The Morgan fingerprint density at radius 3 is 2.07 bits per heavy atom. The summed E-state index contributed by atoms with van der Waals surface area (Å²) in [6.07, 6.45) is -1.65. The first-order valence-electron chi connectivity index (χ1n) is 12.7. The zero-order valence-corrected chi connectivity index (χ0v) is 23.3. The van der Waals surface area contributed by atoms with Gasteiger partial charge in [0.15, 0.2) is 0 Å². The third-order valence-electron chi connectivity index (χ3n) is 6.15. The van der Waals surface area contributed by atoms with Gasteiger partial charge in [-0.15, -0.1) is 0 Å². The topological polar surface area (TPSA) is 205 Å². The molecule has 0 radical (unpaired) electrons. The molecule has 3 rings (SSSR count). The molecule has 2 aromatic carbocycles. The monoisotopic (exact) mass is 599 g/mol. The van der Waals surface area contributed by atoms with Crippen LogP contribution in [0, 0.1) is 11.2 Å². The van der Waals surface area contributed by atoms with Gasteiger partial charge in [-0.2, -0.15) is 0 Å². The number of sulfone groups is 1. The van der Waals surface area contributed by atoms with Crippen LogP contribution in [0.4, 0.5) is 4.79 Å². The molecule has 5 N–H and O–H groups in total. The van der Waals surface area contributed by atoms with Crippen LogP contribution in [0.3, 0.4) is 0 Å². The van der Waals surface area contributed by atoms with Crippen molar-refractivity contribution in [3.8, 4) is 22.3 Å². The number of benzene rings is 2. The van der Waals surface area contributed by atoms with Gasteiger partial charge in [0, 0.05) is 17.6 Å². The highest BCUT2D eigenvalue weighted by molar-refractivity contribution is 7.95. The van der Waals surface area contributed by atoms with Gasteiger partial charge in [-0.05, 0) is 28.7 Å². The molecule has 13 nitrogen and oxygen atoms in total. The third-order valence-corrected chi connectivity index (χ3v) is 6.64. The third kappa shape index (κ3) is 9.34. The standard InChI is InChI=1S/C28H29N3O10S/c1-42(39,40)13-12-17(14-26(35)36)30-24(32)15-29-27(37)23(10-11-25(33)34)31-28(38)41-16-22-20-8-4-2-6-18(20)19-7-3-5-9-21(19)22/h2-9,17,22-23H,10-11,14-16H2,1H3,(H,29,37)(H,30,32)(H,31,38)(H,33,34)(H,35,36)/t17-,23+/m1/s1. The van der Waals surface area contributed by atoms with Crippen LogP contribution in [0.1, 0.15) is 36.3 Å². The number of hydrogen-bond donors (Lipinski definition) is 5. The van der Waals surface area contributed by atoms with Crippen LogP contribution in [0.2, 0.25) is 0 Å². The number of carboxylic acids is 2. The number of carbonyl (C=O) groups excluding carboxylic acids is 3. The van der Waals surface area contributed by atoms with Crippen LogP contribution in [0.25, 0.3) is 11.1 Å². The molecule has 0 heterocycles. The Morgan fingerprint density at radius 1 is 0.929 bits per heavy atom. The minimum absolute atomic E-state index is 0.0466. The number of nitrogens with one attached hydrogen (secondary N) is 3. The fraction of sp³-hybridized carbons (Fsp3) is 0.321. The molecule has 0 aliphatic heterocycles. The summed E-state index contributed by atoms with van der Waals surface area (Å²) in [4.78, 5) is 59.8. The molecule has 2 atom stereocenters. The summed E-state index contributed by atoms with van der Waals surface area (Å²) in [5.41, 5.74) is 3.99. The SMILES string of the molecule is CS(=O)(=O)C#C[C@H](CC(=O)O)NC(=O)CNC(=O)[C@H](CCC(=O)O)NC(=O)OCC1c2ccccc2-c2ccccc21. The van der Waals surface area contributed by atoms with Crippen molar-refractivity contribution < 1.29 is 47.3 Å². The summed E-state index contributed by atoms with van der Waals surface area (Å²) >= 11 is 0. The molecule has 1 aliphatic carbocycles. The molecule has 14 heteroatoms. The molecule has 2 aromatic rings. The van der Waals surface area contributed by atoms with Crippen LogP contribution >= 0.6 is 0 Å². The minimum atomic E-state index is -3.77. The Bertz CT molecular complexity index is 1500. The Kier molecular flexibility index (Phi) is 10.6. The van der Waals surface area contributed by atoms with Crippen LogP contribution in [-0.2, 0) is 33.8 Å². The quantitative estimate of drug-likeness (QED) is 0.172. The highest BCUT2D eigenvalue weighted by atomic mass is 32.2. The maximum atomic E-state index is 12.7. The van der Waals surface area contributed by atoms with E-state index >= 15 is 0 Å². The largest absolute Gasteiger partial charge is 0.481 e. The average Bonchev–Trinajstić information content (AvgIpc) is 3.24. The van der Waals surface area contributed by atoms with E-state index in [1.54, 1.807) is 0 Å². The lowest BCUT2D eigenvalue weighted by Crippen LogP contribution is -2.50. The highest BCUT2D eigenvalue weighted by Gasteiger charge is 2.30. The minimum Gasteiger partial charge on any atom is -0.481 e. The van der Waals surface area contributed by atoms with Gasteiger partial charge in [-0.3, -0.25) is 19.2 Å². The number of aliphatic carboxylic acids is 2. The second-order valence-corrected chi connectivity index (χ2v) is 11.2. The summed E-state index contributed by atoms with van der Waals surface area (Å²) in [5, 5.41) is 26.7. The molecule has 3 amide bonds. The zero-order chi connectivity index (χ0) is 30.9. The number of fused-ring (bicyclic) bond motifs is 3. The number of ether oxygens (including phenoxy) is 1. The smallest absolute Gasteiger partial charge is 0.407 e. The molecule has 0 saturated carbocycles. The Labute approximate surface area is 241 Å². The van der Waals surface area contributed by atoms with E-state index in [0.29, 0.717) is 0 Å². The molecule has 222 valence electrons. The van der Waals surface area contributed by atoms with Crippen molar-refractivity contribution in [3.05, 3.63) is 59.7 Å². The Morgan fingerprint density at radius 2 is 1.52 bits per heavy atom. The lowest BCUT2D eigenvalue weighted by molar-refractivity contribution is -0.138. The van der Waals surface area contributed by atoms with Crippen molar-refractivity contribution in [2.75, 3.05) is 19.4 Å². The molecule has 0 bridgehead atoms. The van der Waals surface area contributed by atoms with Gasteiger partial charge < -0.3 is 30.9 Å². The number of carbonyl (C=O) groups is 5. The zero-order valence-electron chi connectivity index (χ0n) is 22.5. The lowest BCUT2D eigenvalue weighted by atomic mass is 9.98. The van der Waals surface area contributed by atoms with Crippen molar-refractivity contribution in [1.82, 2.24) is 16.0 Å². The predicted octanol–water partition coefficient (Wildman–Crippen LogP) is 0.840. The van der Waals surface area contributed by atoms with E-state index in [1.165, 1.54) is 0 Å². The number of carboxylic acid groups (broad SMARTS) is 2. The average molecular weight is 600 g/mol. The first kappa shape index (κ1) is 31.6. The van der Waals surface area contributed by atoms with Gasteiger partial charge in [0.05, 0.1) is 19.2 Å². The van der Waals surface area contributed by atoms with E-state index in [0.717, 1.165) is 28.5 Å². The fourth-order valence-electron chi connectivity index (χ4n) is 4.35. The van der Waals surface area contributed by atoms with Crippen molar-refractivity contribution in [1.29, 1.82) is 0 Å². The maximum Gasteiger partial charge on any atom is 0.407 e. The van der Waals surface area contributed by atoms with Crippen LogP contribution in [0.15, 0.2) is 48.5 Å². The highest BCUT2D eigenvalue weighted by Crippen LogP contribution is 2.44. The number of rotatable bonds is 12. The Balaban J connectivity index is 1.60. The van der Waals surface area contributed by atoms with Crippen molar-refractivity contribution in [2.24, 2.45) is 0 Å². The van der Waals surface area contributed by atoms with Crippen LogP contribution < -0.4 is 16.0 Å². The van der Waals surface area contributed by atoms with Crippen LogP contribution in [0.5, 0.6) is 0 Å². The maximum absolute atomic E-state index is 12.7. The van der Waals surface area contributed by atoms with Gasteiger partial charge in [0.25, 0.3) is 0 Å². The number of alkyl carbamates (subject to hydrolysis) is 1. The molecule has 0 aromatic heterocycles. The van der Waals surface area contributed by atoms with E-state index in [9.17, 15) is 32.4 Å². The van der Waals surface area contributed by atoms with Crippen molar-refractivity contribution in [2.45, 2.75) is 37.3 Å². The van der Waals surface area contributed by atoms with E-state index in [4.69, 9.17) is 14.9 Å². The molecule has 0 saturated heterocycles. The second-order valence-electron chi connectivity index (χ2n) is 9.41. The molecule has 0 spiro atoms. The van der Waals surface area contributed by atoms with Crippen molar-refractivity contribution in [3.63, 3.8) is 0 Å². The van der Waals surface area contributed by atoms with Gasteiger partial charge in [-0.1, -0.05) is 54.5 Å². The Hall–Kier alpha value is -4.90. The lowest BCUT2D eigenvalue weighted by Gasteiger charge is -2.19. The summed E-state index contributed by atoms with van der Waals surface area (Å²) in [6, 6.07) is 12.7. The molecule has 42 heavy (non-hydrogen) atoms. The first-order chi connectivity index (χ1) is 19.8. The number of amides is 3. The van der Waals surface area contributed by atoms with Gasteiger partial charge in [-0.25, -0.2) is 13.2 Å². The molecule has 1 aliphatic rings. The fourth-order valence-corrected chi connectivity index (χ4v) is 4.70. The van der Waals surface area contributed by atoms with E-state index in [1.807, 2.05) is 53.8 Å². The summed E-state index contributed by atoms with van der Waals surface area (Å²) in [6.45, 7) is -0.736. The van der Waals surface area contributed by atoms with E-state index < -0.39 is 71.2 Å². The summed E-state index contributed by atoms with van der Waals surface area (Å²) in [7, 11) is -3.77. The summed E-state index contributed by atoms with van der Waals surface area (Å²) in [5.74, 6) is -2.47. The first-order valence-corrected chi connectivity index (χ1v) is 14.6. The molecule has 0 fully saturated rings. The van der Waals surface area contributed by atoms with E-state index in [-0.39, 0.29) is 18.9 Å². The molecular weight excluding hydrogens is 570 g/mol. The molecule has 0 unspecified atom stereocenters. The van der Waals surface area contributed by atoms with Gasteiger partial charge in [0.2, 0.25) is 21.7 Å². The van der Waals surface area contributed by atoms with E-state index in [2.05, 4.69) is 21.9 Å².